The Morgan fingerprint density at radius 1 is 1.21 bits per heavy atom. The number of rotatable bonds is 7. The molecule has 150 valence electrons. The van der Waals surface area contributed by atoms with Gasteiger partial charge in [0, 0.05) is 41.8 Å². The summed E-state index contributed by atoms with van der Waals surface area (Å²) in [4.78, 5) is 16.3. The van der Waals surface area contributed by atoms with Crippen LogP contribution < -0.4 is 5.32 Å². The van der Waals surface area contributed by atoms with Crippen LogP contribution >= 0.6 is 23.4 Å². The molecule has 7 nitrogen and oxygen atoms in total. The number of pyridine rings is 1. The molecule has 9 heteroatoms. The Kier molecular flexibility index (Phi) is 6.43. The van der Waals surface area contributed by atoms with Crippen molar-refractivity contribution in [2.75, 3.05) is 18.9 Å². The van der Waals surface area contributed by atoms with Crippen LogP contribution in [0.4, 0.5) is 0 Å². The molecule has 3 aromatic rings. The molecular formula is C20H20ClN5O2S. The van der Waals surface area contributed by atoms with Crippen molar-refractivity contribution in [2.24, 2.45) is 0 Å². The number of hydrogen-bond donors (Lipinski definition) is 1. The van der Waals surface area contributed by atoms with E-state index in [-0.39, 0.29) is 17.8 Å². The average Bonchev–Trinajstić information content (AvgIpc) is 3.42. The molecule has 0 aliphatic carbocycles. The number of ether oxygens (including phenoxy) is 1. The Bertz CT molecular complexity index is 959. The molecule has 4 rings (SSSR count). The molecule has 29 heavy (non-hydrogen) atoms. The number of aromatic nitrogens is 4. The number of hydrogen-bond acceptors (Lipinski definition) is 6. The summed E-state index contributed by atoms with van der Waals surface area (Å²) in [6.45, 7) is 1.32. The van der Waals surface area contributed by atoms with Crippen LogP contribution in [0.1, 0.15) is 12.8 Å². The van der Waals surface area contributed by atoms with E-state index in [1.54, 1.807) is 12.4 Å². The van der Waals surface area contributed by atoms with E-state index in [9.17, 15) is 4.79 Å². The molecule has 1 saturated heterocycles. The number of nitrogens with zero attached hydrogens (tertiary/aromatic N) is 4. The summed E-state index contributed by atoms with van der Waals surface area (Å²) >= 11 is 7.38. The number of halogens is 1. The van der Waals surface area contributed by atoms with Gasteiger partial charge in [0.2, 0.25) is 5.91 Å². The maximum absolute atomic E-state index is 12.3. The second-order valence-corrected chi connectivity index (χ2v) is 7.96. The Labute approximate surface area is 177 Å². The summed E-state index contributed by atoms with van der Waals surface area (Å²) in [7, 11) is 0. The Balaban J connectivity index is 1.52. The fraction of sp³-hybridized carbons (Fsp3) is 0.300. The summed E-state index contributed by atoms with van der Waals surface area (Å²) in [5, 5.41) is 12.9. The van der Waals surface area contributed by atoms with E-state index in [0.29, 0.717) is 22.5 Å². The second kappa shape index (κ2) is 9.39. The molecule has 1 amide bonds. The largest absolute Gasteiger partial charge is 0.376 e. The molecule has 0 saturated carbocycles. The van der Waals surface area contributed by atoms with Crippen molar-refractivity contribution in [3.63, 3.8) is 0 Å². The van der Waals surface area contributed by atoms with E-state index in [2.05, 4.69) is 20.5 Å². The van der Waals surface area contributed by atoms with Gasteiger partial charge in [0.1, 0.15) is 0 Å². The third kappa shape index (κ3) is 4.95. The van der Waals surface area contributed by atoms with Crippen LogP contribution in [0.2, 0.25) is 5.02 Å². The van der Waals surface area contributed by atoms with Gasteiger partial charge in [-0.2, -0.15) is 0 Å². The molecule has 1 aromatic carbocycles. The Morgan fingerprint density at radius 3 is 2.72 bits per heavy atom. The first-order chi connectivity index (χ1) is 14.2. The van der Waals surface area contributed by atoms with Crippen molar-refractivity contribution >= 4 is 29.3 Å². The molecule has 1 aliphatic rings. The lowest BCUT2D eigenvalue weighted by atomic mass is 10.2. The zero-order valence-electron chi connectivity index (χ0n) is 15.6. The summed E-state index contributed by atoms with van der Waals surface area (Å²) in [6, 6.07) is 11.2. The van der Waals surface area contributed by atoms with Crippen molar-refractivity contribution in [3.8, 4) is 17.1 Å². The van der Waals surface area contributed by atoms with Gasteiger partial charge in [-0.15, -0.1) is 10.2 Å². The number of nitrogens with one attached hydrogen (secondary N) is 1. The van der Waals surface area contributed by atoms with Gasteiger partial charge in [0.25, 0.3) is 0 Å². The molecule has 1 N–H and O–H groups in total. The Hall–Kier alpha value is -2.42. The minimum absolute atomic E-state index is 0.0541. The average molecular weight is 430 g/mol. The lowest BCUT2D eigenvalue weighted by molar-refractivity contribution is -0.119. The van der Waals surface area contributed by atoms with Crippen molar-refractivity contribution in [1.82, 2.24) is 25.1 Å². The summed E-state index contributed by atoms with van der Waals surface area (Å²) < 4.78 is 7.46. The maximum Gasteiger partial charge on any atom is 0.230 e. The quantitative estimate of drug-likeness (QED) is 0.580. The molecular weight excluding hydrogens is 410 g/mol. The predicted molar refractivity (Wildman–Crippen MR) is 112 cm³/mol. The zero-order chi connectivity index (χ0) is 20.1. The smallest absolute Gasteiger partial charge is 0.230 e. The zero-order valence-corrected chi connectivity index (χ0v) is 17.2. The highest BCUT2D eigenvalue weighted by molar-refractivity contribution is 7.99. The summed E-state index contributed by atoms with van der Waals surface area (Å²) in [5.74, 6) is 0.869. The standard InChI is InChI=1S/C20H20ClN5O2S/c21-15-3-5-16(6-4-15)26-19(14-7-9-22-10-8-14)24-25-20(26)29-13-18(27)23-12-17-2-1-11-28-17/h3-10,17H,1-2,11-13H2,(H,23,27)/t17-/m0/s1. The fourth-order valence-corrected chi connectivity index (χ4v) is 4.00. The fourth-order valence-electron chi connectivity index (χ4n) is 3.09. The van der Waals surface area contributed by atoms with Crippen molar-refractivity contribution in [3.05, 3.63) is 53.8 Å². The number of carbonyl (C=O) groups excluding carboxylic acids is 1. The Morgan fingerprint density at radius 2 is 2.00 bits per heavy atom. The van der Waals surface area contributed by atoms with E-state index in [1.165, 1.54) is 11.8 Å². The van der Waals surface area contributed by atoms with Crippen LogP contribution in [0.25, 0.3) is 17.1 Å². The SMILES string of the molecule is O=C(CSc1nnc(-c2ccncc2)n1-c1ccc(Cl)cc1)NC[C@@H]1CCCO1. The lowest BCUT2D eigenvalue weighted by Gasteiger charge is -2.12. The van der Waals surface area contributed by atoms with Gasteiger partial charge < -0.3 is 10.1 Å². The second-order valence-electron chi connectivity index (χ2n) is 6.58. The number of carbonyl (C=O) groups is 1. The molecule has 0 radical (unpaired) electrons. The van der Waals surface area contributed by atoms with Gasteiger partial charge in [-0.1, -0.05) is 23.4 Å². The summed E-state index contributed by atoms with van der Waals surface area (Å²) in [6.07, 6.45) is 5.59. The van der Waals surface area contributed by atoms with E-state index in [1.807, 2.05) is 41.0 Å². The van der Waals surface area contributed by atoms with Crippen LogP contribution in [0, 0.1) is 0 Å². The van der Waals surface area contributed by atoms with Crippen LogP contribution in [-0.4, -0.2) is 50.7 Å². The molecule has 1 atom stereocenters. The first-order valence-corrected chi connectivity index (χ1v) is 10.7. The highest BCUT2D eigenvalue weighted by Crippen LogP contribution is 2.28. The normalized spacial score (nSPS) is 16.1. The first-order valence-electron chi connectivity index (χ1n) is 9.33. The van der Waals surface area contributed by atoms with Gasteiger partial charge in [-0.05, 0) is 49.2 Å². The monoisotopic (exact) mass is 429 g/mol. The topological polar surface area (TPSA) is 81.9 Å². The van der Waals surface area contributed by atoms with Gasteiger partial charge in [0.15, 0.2) is 11.0 Å². The van der Waals surface area contributed by atoms with Crippen LogP contribution in [0.5, 0.6) is 0 Å². The molecule has 1 aliphatic heterocycles. The van der Waals surface area contributed by atoms with Crippen LogP contribution in [0.3, 0.4) is 0 Å². The third-order valence-electron chi connectivity index (χ3n) is 4.54. The highest BCUT2D eigenvalue weighted by Gasteiger charge is 2.19. The minimum Gasteiger partial charge on any atom is -0.376 e. The highest BCUT2D eigenvalue weighted by atomic mass is 35.5. The minimum atomic E-state index is -0.0541. The van der Waals surface area contributed by atoms with Gasteiger partial charge in [-0.3, -0.25) is 14.3 Å². The number of amides is 1. The van der Waals surface area contributed by atoms with E-state index >= 15 is 0 Å². The van der Waals surface area contributed by atoms with Crippen LogP contribution in [-0.2, 0) is 9.53 Å². The van der Waals surface area contributed by atoms with E-state index in [0.717, 1.165) is 30.7 Å². The lowest BCUT2D eigenvalue weighted by Crippen LogP contribution is -2.32. The van der Waals surface area contributed by atoms with Crippen molar-refractivity contribution < 1.29 is 9.53 Å². The summed E-state index contributed by atoms with van der Waals surface area (Å²) in [5.41, 5.74) is 1.76. The molecule has 0 unspecified atom stereocenters. The molecule has 3 heterocycles. The molecule has 0 bridgehead atoms. The molecule has 1 fully saturated rings. The molecule has 0 spiro atoms. The van der Waals surface area contributed by atoms with E-state index in [4.69, 9.17) is 16.3 Å². The number of benzene rings is 1. The first kappa shape index (κ1) is 19.9. The van der Waals surface area contributed by atoms with Crippen molar-refractivity contribution in [2.45, 2.75) is 24.1 Å². The molecule has 2 aromatic heterocycles. The maximum atomic E-state index is 12.3. The van der Waals surface area contributed by atoms with Gasteiger partial charge >= 0.3 is 0 Å². The predicted octanol–water partition coefficient (Wildman–Crippen LogP) is 3.37. The van der Waals surface area contributed by atoms with Crippen molar-refractivity contribution in [1.29, 1.82) is 0 Å². The third-order valence-corrected chi connectivity index (χ3v) is 5.72. The van der Waals surface area contributed by atoms with E-state index < -0.39 is 0 Å². The van der Waals surface area contributed by atoms with Crippen LogP contribution in [0.15, 0.2) is 53.9 Å². The van der Waals surface area contributed by atoms with Gasteiger partial charge in [0.05, 0.1) is 11.9 Å². The number of thioether (sulfide) groups is 1. The van der Waals surface area contributed by atoms with Gasteiger partial charge in [-0.25, -0.2) is 0 Å².